The van der Waals surface area contributed by atoms with Crippen LogP contribution in [0.2, 0.25) is 0 Å². The summed E-state index contributed by atoms with van der Waals surface area (Å²) in [6.07, 6.45) is 4.45. The lowest BCUT2D eigenvalue weighted by molar-refractivity contribution is -0.150. The van der Waals surface area contributed by atoms with Crippen molar-refractivity contribution in [1.82, 2.24) is 20.4 Å². The standard InChI is InChI=1S/2C38H34N2O7S2/c2*1-3-4-15-44-24-11-13-29-31(17-24)46-32-18-25(12-14-30(32)38(29)28-10-6-5-9-27(28)37(43)47-38)45-20-23-21-49-36-34(35(42)40(36)22(23)2)39-33(41)19-26-8-7-16-48-26/h5-14,16-18,34,36H,3-4,15,19-21H2,1-2H3,(H,39,41);5-14,16-18,21-22,34,36H,3-4,15,19-20H2,1-2H3,(H,39,41). The van der Waals surface area contributed by atoms with Crippen molar-refractivity contribution >= 4 is 81.8 Å². The van der Waals surface area contributed by atoms with Crippen molar-refractivity contribution in [3.63, 3.8) is 0 Å². The Morgan fingerprint density at radius 1 is 0.551 bits per heavy atom. The van der Waals surface area contributed by atoms with Crippen LogP contribution in [0.15, 0.2) is 179 Å². The highest BCUT2D eigenvalue weighted by Crippen LogP contribution is 2.59. The van der Waals surface area contributed by atoms with Gasteiger partial charge in [0, 0.05) is 78.9 Å². The molecule has 98 heavy (non-hydrogen) atoms. The fourth-order valence-electron chi connectivity index (χ4n) is 13.7. The number of carbonyl (C=O) groups is 6. The van der Waals surface area contributed by atoms with E-state index in [0.29, 0.717) is 87.2 Å². The van der Waals surface area contributed by atoms with Gasteiger partial charge in [-0.1, -0.05) is 75.2 Å². The Morgan fingerprint density at radius 2 is 1.01 bits per heavy atom. The maximum Gasteiger partial charge on any atom is 0.340 e. The zero-order valence-corrected chi connectivity index (χ0v) is 57.3. The Bertz CT molecular complexity index is 4520. The van der Waals surface area contributed by atoms with Gasteiger partial charge in [-0.25, -0.2) is 9.59 Å². The largest absolute Gasteiger partial charge is 0.493 e. The van der Waals surface area contributed by atoms with Crippen molar-refractivity contribution in [2.24, 2.45) is 0 Å². The number of allylic oxidation sites excluding steroid dienone is 1. The predicted molar refractivity (Wildman–Crippen MR) is 373 cm³/mol. The minimum Gasteiger partial charge on any atom is -0.493 e. The molecule has 8 aromatic rings. The summed E-state index contributed by atoms with van der Waals surface area (Å²) in [4.78, 5) is 83.3. The molecule has 2 saturated heterocycles. The third kappa shape index (κ3) is 11.5. The molecule has 0 aliphatic carbocycles. The number of nitrogens with one attached hydrogen (secondary N) is 2. The van der Waals surface area contributed by atoms with Crippen molar-refractivity contribution < 1.29 is 66.7 Å². The van der Waals surface area contributed by atoms with Crippen molar-refractivity contribution in [1.29, 1.82) is 0 Å². The zero-order valence-electron chi connectivity index (χ0n) is 54.0. The van der Waals surface area contributed by atoms with E-state index in [2.05, 4.69) is 24.5 Å². The van der Waals surface area contributed by atoms with Crippen LogP contribution >= 0.6 is 46.2 Å². The minimum atomic E-state index is -1.18. The van der Waals surface area contributed by atoms with E-state index in [4.69, 9.17) is 37.9 Å². The number of fused-ring (bicyclic) bond motifs is 14. The maximum atomic E-state index is 13.2. The second-order valence-electron chi connectivity index (χ2n) is 24.9. The molecular formula is C76H68N4O14S4. The number of hydrogen-bond donors (Lipinski definition) is 2. The fraction of sp³-hybridized carbons (Fsp3) is 0.289. The summed E-state index contributed by atoms with van der Waals surface area (Å²) in [6.45, 7) is 9.85. The number of rotatable bonds is 20. The van der Waals surface area contributed by atoms with Crippen LogP contribution in [0.4, 0.5) is 0 Å². The van der Waals surface area contributed by atoms with Gasteiger partial charge in [0.2, 0.25) is 17.7 Å². The van der Waals surface area contributed by atoms with Gasteiger partial charge in [0.25, 0.3) is 5.91 Å². The summed E-state index contributed by atoms with van der Waals surface area (Å²) in [5.74, 6) is 4.01. The molecule has 0 bridgehead atoms. The third-order valence-electron chi connectivity index (χ3n) is 18.9. The van der Waals surface area contributed by atoms with Crippen molar-refractivity contribution in [2.45, 2.75) is 106 Å². The number of thiophene rings is 2. The van der Waals surface area contributed by atoms with Crippen LogP contribution in [0.1, 0.15) is 117 Å². The molecule has 2 fully saturated rings. The maximum absolute atomic E-state index is 13.2. The molecular weight excluding hydrogens is 1320 g/mol. The quantitative estimate of drug-likeness (QED) is 0.0413. The number of β-lactam (4-membered cyclic amide) rings is 2. The molecule has 18 nitrogen and oxygen atoms in total. The van der Waals surface area contributed by atoms with E-state index in [1.807, 2.05) is 168 Å². The average molecular weight is 1390 g/mol. The summed E-state index contributed by atoms with van der Waals surface area (Å²) in [5.41, 5.74) is 5.83. The molecule has 500 valence electrons. The summed E-state index contributed by atoms with van der Waals surface area (Å²) in [6, 6.07) is 43.7. The lowest BCUT2D eigenvalue weighted by Gasteiger charge is -2.52. The smallest absolute Gasteiger partial charge is 0.340 e. The van der Waals surface area contributed by atoms with E-state index in [0.717, 1.165) is 74.5 Å². The SMILES string of the molecule is CCCCOc1ccc2c(c1)Oc1cc(OCC3=C(C)N4C(=O)C(NC(=O)Cc5cccs5)C4SC3)ccc1C21OC(=O)c2ccccc21.CCCCOc1ccc2c(c1)Oc1cc(OCC3=CSC4C(NC(=O)Cc5cccs5)C(=O)N4C3C)ccc1C21OC(=O)c2ccccc21. The van der Waals surface area contributed by atoms with Gasteiger partial charge in [-0.05, 0) is 127 Å². The number of nitrogens with zero attached hydrogens (tertiary/aromatic N) is 2. The van der Waals surface area contributed by atoms with Gasteiger partial charge in [-0.3, -0.25) is 24.1 Å². The van der Waals surface area contributed by atoms with Crippen LogP contribution in [0.3, 0.4) is 0 Å². The van der Waals surface area contributed by atoms with Crippen LogP contribution in [-0.4, -0.2) is 106 Å². The number of amides is 4. The third-order valence-corrected chi connectivity index (χ3v) is 23.2. The van der Waals surface area contributed by atoms with Crippen LogP contribution in [0.5, 0.6) is 46.0 Å². The summed E-state index contributed by atoms with van der Waals surface area (Å²) in [7, 11) is 0. The highest BCUT2D eigenvalue weighted by molar-refractivity contribution is 8.03. The molecule has 2 aromatic heterocycles. The molecule has 6 aromatic carbocycles. The first kappa shape index (κ1) is 64.5. The topological polar surface area (TPSA) is 207 Å². The molecule has 10 heterocycles. The zero-order chi connectivity index (χ0) is 67.4. The van der Waals surface area contributed by atoms with Crippen molar-refractivity contribution in [3.05, 3.63) is 233 Å². The second-order valence-corrected chi connectivity index (χ2v) is 29.1. The number of thioether (sulfide) groups is 2. The second kappa shape index (κ2) is 26.7. The van der Waals surface area contributed by atoms with E-state index in [9.17, 15) is 28.8 Å². The number of esters is 2. The summed E-state index contributed by atoms with van der Waals surface area (Å²) >= 11 is 6.19. The fourth-order valence-corrected chi connectivity index (χ4v) is 17.9. The number of hydrogen-bond acceptors (Lipinski definition) is 18. The molecule has 4 amide bonds. The van der Waals surface area contributed by atoms with E-state index >= 15 is 0 Å². The van der Waals surface area contributed by atoms with E-state index in [1.165, 1.54) is 34.4 Å². The van der Waals surface area contributed by atoms with Crippen molar-refractivity contribution in [2.75, 3.05) is 32.2 Å². The highest BCUT2D eigenvalue weighted by atomic mass is 32.2. The predicted octanol–water partition coefficient (Wildman–Crippen LogP) is 13.6. The highest BCUT2D eigenvalue weighted by Gasteiger charge is 2.57. The normalized spacial score (nSPS) is 22.2. The van der Waals surface area contributed by atoms with Crippen molar-refractivity contribution in [3.8, 4) is 46.0 Å². The Kier molecular flexibility index (Phi) is 17.6. The molecule has 22 heteroatoms. The molecule has 7 atom stereocenters. The average Bonchev–Trinajstić information content (AvgIpc) is 1.50. The van der Waals surface area contributed by atoms with Gasteiger partial charge < -0.3 is 53.4 Å². The molecule has 2 N–H and O–H groups in total. The lowest BCUT2D eigenvalue weighted by Crippen LogP contribution is -2.72. The van der Waals surface area contributed by atoms with Gasteiger partial charge in [-0.2, -0.15) is 0 Å². The van der Waals surface area contributed by atoms with Crippen LogP contribution < -0.4 is 39.1 Å². The first-order valence-electron chi connectivity index (χ1n) is 32.8. The van der Waals surface area contributed by atoms with Gasteiger partial charge in [0.15, 0.2) is 11.2 Å². The van der Waals surface area contributed by atoms with E-state index in [1.54, 1.807) is 28.8 Å². The number of unbranched alkanes of at least 4 members (excludes halogenated alkanes) is 2. The molecule has 2 spiro atoms. The van der Waals surface area contributed by atoms with Gasteiger partial charge >= 0.3 is 11.9 Å². The molecule has 0 radical (unpaired) electrons. The monoisotopic (exact) mass is 1390 g/mol. The summed E-state index contributed by atoms with van der Waals surface area (Å²) < 4.78 is 50.1. The Morgan fingerprint density at radius 3 is 1.48 bits per heavy atom. The molecule has 16 rings (SSSR count). The molecule has 8 aliphatic rings. The van der Waals surface area contributed by atoms with Gasteiger partial charge in [-0.15, -0.1) is 46.2 Å². The Balaban J connectivity index is 0.000000160. The van der Waals surface area contributed by atoms with Crippen LogP contribution in [-0.2, 0) is 52.7 Å². The lowest BCUT2D eigenvalue weighted by atomic mass is 9.77. The molecule has 8 aliphatic heterocycles. The van der Waals surface area contributed by atoms with Crippen LogP contribution in [0, 0.1) is 0 Å². The van der Waals surface area contributed by atoms with Gasteiger partial charge in [0.05, 0.1) is 43.2 Å². The van der Waals surface area contributed by atoms with Crippen LogP contribution in [0.25, 0.3) is 0 Å². The Hall–Kier alpha value is -9.48. The Labute approximate surface area is 582 Å². The number of carbonyl (C=O) groups excluding carboxylic acids is 6. The van der Waals surface area contributed by atoms with Gasteiger partial charge in [0.1, 0.15) is 82.0 Å². The minimum absolute atomic E-state index is 0.0919. The van der Waals surface area contributed by atoms with E-state index in [-0.39, 0.29) is 66.5 Å². The first-order valence-corrected chi connectivity index (χ1v) is 36.5. The van der Waals surface area contributed by atoms with E-state index < -0.39 is 35.2 Å². The first-order chi connectivity index (χ1) is 47.7. The number of benzene rings is 6. The molecule has 7 unspecified atom stereocenters. The molecule has 0 saturated carbocycles. The number of ether oxygens (including phenoxy) is 8. The summed E-state index contributed by atoms with van der Waals surface area (Å²) in [5, 5.41) is 11.5.